The monoisotopic (exact) mass is 670 g/mol. The van der Waals surface area contributed by atoms with Crippen molar-refractivity contribution in [3.8, 4) is 0 Å². The first-order chi connectivity index (χ1) is 21.9. The molecule has 1 aromatic rings. The highest BCUT2D eigenvalue weighted by molar-refractivity contribution is 8.02. The van der Waals surface area contributed by atoms with Crippen molar-refractivity contribution < 1.29 is 18.9 Å². The van der Waals surface area contributed by atoms with Gasteiger partial charge in [0.05, 0.1) is 17.3 Å². The van der Waals surface area contributed by atoms with Gasteiger partial charge in [0, 0.05) is 24.4 Å². The lowest BCUT2D eigenvalue weighted by Crippen LogP contribution is -2.32. The van der Waals surface area contributed by atoms with E-state index in [1.807, 2.05) is 35.7 Å². The second-order valence-electron chi connectivity index (χ2n) is 11.5. The van der Waals surface area contributed by atoms with Crippen molar-refractivity contribution in [2.75, 3.05) is 44.4 Å². The number of carbonyl (C=O) groups is 1. The number of aliphatic hydroxyl groups is 1. The van der Waals surface area contributed by atoms with Gasteiger partial charge in [0.1, 0.15) is 6.23 Å². The van der Waals surface area contributed by atoms with Crippen molar-refractivity contribution in [2.24, 2.45) is 5.92 Å². The molecule has 266 valence electrons. The van der Waals surface area contributed by atoms with Crippen molar-refractivity contribution in [1.29, 1.82) is 0 Å². The summed E-state index contributed by atoms with van der Waals surface area (Å²) in [6.45, 7) is 19.3. The minimum Gasteiger partial charge on any atom is -0.374 e. The third kappa shape index (κ3) is 24.6. The molecule has 0 spiro atoms. The van der Waals surface area contributed by atoms with Gasteiger partial charge < -0.3 is 25.5 Å². The van der Waals surface area contributed by atoms with E-state index in [0.29, 0.717) is 29.0 Å². The Balaban J connectivity index is 0. The van der Waals surface area contributed by atoms with Crippen LogP contribution in [0.25, 0.3) is 0 Å². The maximum Gasteiger partial charge on any atom is 0.209 e. The number of anilines is 2. The molecule has 0 aliphatic carbocycles. The van der Waals surface area contributed by atoms with Crippen LogP contribution in [-0.2, 0) is 11.2 Å². The number of unbranched alkanes of at least 4 members (excludes halogenated alkanes) is 1. The van der Waals surface area contributed by atoms with Gasteiger partial charge in [-0.3, -0.25) is 4.79 Å². The summed E-state index contributed by atoms with van der Waals surface area (Å²) >= 11 is 1.86. The number of hydrogen-bond acceptors (Lipinski definition) is 8. The highest BCUT2D eigenvalue weighted by atomic mass is 32.2. The Hall–Kier alpha value is -2.63. The standard InChI is InChI=1S/C10H15NS.C9H13F2N3O.C7H13NO.C6H15N.C3H8/c1-3-5-6-7-9-8-12-10(4-2)11-9;1-3-7-4-8(13-6(2)15)5-12-9(7)14(10)11;1-7-3-2-4-8(5-7)6-9;1-4-5-6-7(2)3;1-3-2/h3,5-8,10-11H,4H2,1-2H3;4-6,13,15H,3H2,1-2H3;6-7H,2-5H2,1H3;4-6H2,1-3H3;3H2,1-2H3/b5-3-,7-6-;;;;/t10-;;;;/m0..../s1. The SMILES string of the molecule is C/C=C\C=C/C1=CS[C@@H](CC)N1.CC1CCCN(C=O)C1.CCC.CCCCN(C)C.CCc1cc(NC(C)O)cnc1N(F)F. The van der Waals surface area contributed by atoms with E-state index in [1.54, 1.807) is 13.0 Å². The number of nitrogens with zero attached hydrogens (tertiary/aromatic N) is 4. The first-order valence-electron chi connectivity index (χ1n) is 16.7. The Morgan fingerprint density at radius 3 is 2.30 bits per heavy atom. The van der Waals surface area contributed by atoms with E-state index >= 15 is 0 Å². The smallest absolute Gasteiger partial charge is 0.209 e. The van der Waals surface area contributed by atoms with Gasteiger partial charge >= 0.3 is 0 Å². The van der Waals surface area contributed by atoms with Crippen molar-refractivity contribution >= 4 is 29.7 Å². The number of halogens is 2. The number of hydrogen-bond donors (Lipinski definition) is 3. The number of allylic oxidation sites excluding steroid dienone is 4. The van der Waals surface area contributed by atoms with E-state index in [4.69, 9.17) is 5.11 Å². The molecule has 3 atom stereocenters. The van der Waals surface area contributed by atoms with Crippen LogP contribution in [-0.4, -0.2) is 71.6 Å². The van der Waals surface area contributed by atoms with Gasteiger partial charge in [-0.05, 0) is 95.4 Å². The van der Waals surface area contributed by atoms with E-state index in [0.717, 1.165) is 19.5 Å². The Morgan fingerprint density at radius 2 is 1.89 bits per heavy atom. The van der Waals surface area contributed by atoms with Gasteiger partial charge in [-0.2, -0.15) is 0 Å². The number of aryl methyl sites for hydroxylation is 1. The number of aliphatic hydroxyl groups excluding tert-OH is 1. The van der Waals surface area contributed by atoms with E-state index in [9.17, 15) is 13.8 Å². The molecule has 46 heavy (non-hydrogen) atoms. The Bertz CT molecular complexity index is 976. The second kappa shape index (κ2) is 29.8. The number of thioether (sulfide) groups is 1. The predicted octanol–water partition coefficient (Wildman–Crippen LogP) is 8.64. The molecule has 1 amide bonds. The molecule has 0 bridgehead atoms. The van der Waals surface area contributed by atoms with Crippen LogP contribution in [0.4, 0.5) is 20.5 Å². The van der Waals surface area contributed by atoms with E-state index < -0.39 is 11.6 Å². The number of likely N-dealkylation sites (tertiary alicyclic amines) is 1. The molecular weight excluding hydrogens is 606 g/mol. The molecule has 0 aromatic carbocycles. The van der Waals surface area contributed by atoms with Gasteiger partial charge in [-0.1, -0.05) is 81.6 Å². The molecule has 0 saturated carbocycles. The molecule has 11 heteroatoms. The number of aromatic nitrogens is 1. The molecule has 2 unspecified atom stereocenters. The third-order valence-corrected chi connectivity index (χ3v) is 7.46. The van der Waals surface area contributed by atoms with Gasteiger partial charge in [-0.15, -0.1) is 11.8 Å². The maximum atomic E-state index is 12.3. The largest absolute Gasteiger partial charge is 0.374 e. The van der Waals surface area contributed by atoms with Crippen LogP contribution < -0.4 is 16.0 Å². The first-order valence-corrected chi connectivity index (χ1v) is 17.7. The lowest BCUT2D eigenvalue weighted by molar-refractivity contribution is -0.119. The molecule has 1 fully saturated rings. The zero-order chi connectivity index (χ0) is 35.3. The highest BCUT2D eigenvalue weighted by Gasteiger charge is 2.14. The normalized spacial score (nSPS) is 17.6. The first kappa shape index (κ1) is 45.5. The molecule has 1 aromatic heterocycles. The van der Waals surface area contributed by atoms with Crippen molar-refractivity contribution in [2.45, 2.75) is 112 Å². The molecule has 8 nitrogen and oxygen atoms in total. The van der Waals surface area contributed by atoms with Crippen molar-refractivity contribution in [3.05, 3.63) is 53.2 Å². The summed E-state index contributed by atoms with van der Waals surface area (Å²) in [5.41, 5.74) is 2.17. The highest BCUT2D eigenvalue weighted by Crippen LogP contribution is 2.24. The molecule has 1 saturated heterocycles. The number of pyridine rings is 1. The minimum absolute atomic E-state index is 0.353. The lowest BCUT2D eigenvalue weighted by Gasteiger charge is -2.27. The fraction of sp³-hybridized carbons (Fsp3) is 0.657. The van der Waals surface area contributed by atoms with E-state index in [1.165, 1.54) is 63.9 Å². The van der Waals surface area contributed by atoms with Crippen LogP contribution in [0.15, 0.2) is 47.7 Å². The summed E-state index contributed by atoms with van der Waals surface area (Å²) in [6.07, 6.45) is 17.6. The fourth-order valence-electron chi connectivity index (χ4n) is 4.00. The summed E-state index contributed by atoms with van der Waals surface area (Å²) < 4.78 is 24.6. The molecule has 3 heterocycles. The van der Waals surface area contributed by atoms with E-state index in [2.05, 4.69) is 86.8 Å². The summed E-state index contributed by atoms with van der Waals surface area (Å²) in [7, 11) is 4.21. The third-order valence-electron chi connectivity index (χ3n) is 6.29. The quantitative estimate of drug-likeness (QED) is 0.0934. The molecule has 2 aliphatic rings. The summed E-state index contributed by atoms with van der Waals surface area (Å²) in [6, 6.07) is 1.54. The zero-order valence-electron chi connectivity index (χ0n) is 30.2. The average molecular weight is 671 g/mol. The lowest BCUT2D eigenvalue weighted by atomic mass is 10.0. The van der Waals surface area contributed by atoms with Crippen LogP contribution >= 0.6 is 11.8 Å². The van der Waals surface area contributed by atoms with Crippen LogP contribution in [0, 0.1) is 5.92 Å². The van der Waals surface area contributed by atoms with Gasteiger partial charge in [-0.25, -0.2) is 4.98 Å². The topological polar surface area (TPSA) is 84.0 Å². The maximum absolute atomic E-state index is 12.3. The minimum atomic E-state index is -1.01. The van der Waals surface area contributed by atoms with Crippen LogP contribution in [0.3, 0.4) is 0 Å². The number of piperidine rings is 1. The van der Waals surface area contributed by atoms with Gasteiger partial charge in [0.2, 0.25) is 6.41 Å². The van der Waals surface area contributed by atoms with Gasteiger partial charge in [0.15, 0.2) is 5.82 Å². The second-order valence-corrected chi connectivity index (χ2v) is 12.5. The number of carbonyl (C=O) groups excluding carboxylic acids is 1. The summed E-state index contributed by atoms with van der Waals surface area (Å²) in [5, 5.41) is 16.9. The molecule has 0 radical (unpaired) electrons. The Morgan fingerprint density at radius 1 is 1.22 bits per heavy atom. The van der Waals surface area contributed by atoms with Crippen molar-refractivity contribution in [1.82, 2.24) is 20.1 Å². The number of amides is 1. The Kier molecular flexibility index (Phi) is 29.4. The zero-order valence-corrected chi connectivity index (χ0v) is 31.0. The molecule has 3 N–H and O–H groups in total. The molecular formula is C35H64F2N6O2S. The van der Waals surface area contributed by atoms with Crippen LogP contribution in [0.2, 0.25) is 0 Å². The van der Waals surface area contributed by atoms with Crippen LogP contribution in [0.1, 0.15) is 99.5 Å². The van der Waals surface area contributed by atoms with Crippen molar-refractivity contribution in [3.63, 3.8) is 0 Å². The number of nitrogens with one attached hydrogen (secondary N) is 2. The summed E-state index contributed by atoms with van der Waals surface area (Å²) in [5.74, 6) is 0.359. The van der Waals surface area contributed by atoms with Crippen LogP contribution in [0.5, 0.6) is 0 Å². The molecule has 3 rings (SSSR count). The molecule has 2 aliphatic heterocycles. The Labute approximate surface area is 283 Å². The van der Waals surface area contributed by atoms with Gasteiger partial charge in [0.25, 0.3) is 0 Å². The van der Waals surface area contributed by atoms with E-state index in [-0.39, 0.29) is 5.82 Å². The predicted molar refractivity (Wildman–Crippen MR) is 196 cm³/mol. The average Bonchev–Trinajstić information content (AvgIpc) is 3.49. The fourth-order valence-corrected chi connectivity index (χ4v) is 4.85. The summed E-state index contributed by atoms with van der Waals surface area (Å²) in [4.78, 5) is 17.9. The number of rotatable bonds is 11.